The number of hydrogen-bond donors (Lipinski definition) is 1. The van der Waals surface area contributed by atoms with Gasteiger partial charge in [-0.15, -0.1) is 0 Å². The van der Waals surface area contributed by atoms with E-state index in [1.54, 1.807) is 40.1 Å². The lowest BCUT2D eigenvalue weighted by molar-refractivity contribution is -0.148. The van der Waals surface area contributed by atoms with E-state index in [0.29, 0.717) is 23.7 Å². The average molecular weight is 562 g/mol. The van der Waals surface area contributed by atoms with Crippen molar-refractivity contribution < 1.29 is 24.2 Å². The van der Waals surface area contributed by atoms with Gasteiger partial charge in [0.1, 0.15) is 11.6 Å². The van der Waals surface area contributed by atoms with Crippen LogP contribution < -0.4 is 9.80 Å². The number of aliphatic hydroxyl groups excluding tert-OH is 1. The number of fused-ring (bicyclic) bond motifs is 2. The summed E-state index contributed by atoms with van der Waals surface area (Å²) in [6, 6.07) is 14.7. The van der Waals surface area contributed by atoms with Crippen molar-refractivity contribution in [3.8, 4) is 0 Å². The zero-order chi connectivity index (χ0) is 28.2. The van der Waals surface area contributed by atoms with E-state index in [0.717, 1.165) is 5.69 Å². The topological polar surface area (TPSA) is 90.4 Å². The molecule has 1 spiro atoms. The van der Waals surface area contributed by atoms with Crippen LogP contribution in [0.3, 0.4) is 0 Å². The van der Waals surface area contributed by atoms with Crippen molar-refractivity contribution in [2.75, 3.05) is 29.5 Å². The van der Waals surface area contributed by atoms with Gasteiger partial charge >= 0.3 is 0 Å². The molecular weight excluding hydrogens is 530 g/mol. The second-order valence-electron chi connectivity index (χ2n) is 11.0. The van der Waals surface area contributed by atoms with Crippen molar-refractivity contribution in [1.82, 2.24) is 4.90 Å². The Morgan fingerprint density at radius 3 is 2.30 bits per heavy atom. The molecule has 4 heterocycles. The quantitative estimate of drug-likeness (QED) is 0.564. The minimum Gasteiger partial charge on any atom is -0.394 e. The molecule has 1 N–H and O–H groups in total. The van der Waals surface area contributed by atoms with E-state index in [1.807, 2.05) is 62.4 Å². The van der Waals surface area contributed by atoms with E-state index in [2.05, 4.69) is 0 Å². The number of likely N-dealkylation sites (tertiary alicyclic amines) is 1. The lowest BCUT2D eigenvalue weighted by Gasteiger charge is -2.40. The van der Waals surface area contributed by atoms with Gasteiger partial charge < -0.3 is 24.5 Å². The number of benzene rings is 2. The number of rotatable bonds is 5. The van der Waals surface area contributed by atoms with Crippen LogP contribution in [0.2, 0.25) is 5.02 Å². The summed E-state index contributed by atoms with van der Waals surface area (Å²) in [6.07, 6.45) is 7.80. The summed E-state index contributed by atoms with van der Waals surface area (Å²) in [4.78, 5) is 48.0. The number of halogens is 1. The number of aliphatic hydroxyl groups is 1. The number of anilines is 2. The van der Waals surface area contributed by atoms with Crippen LogP contribution in [0, 0.1) is 11.8 Å². The molecule has 2 aromatic rings. The fourth-order valence-corrected chi connectivity index (χ4v) is 7.23. The fraction of sp³-hybridized carbons (Fsp3) is 0.387. The first-order valence-corrected chi connectivity index (χ1v) is 14.1. The molecule has 1 unspecified atom stereocenters. The molecule has 0 bridgehead atoms. The fourth-order valence-electron chi connectivity index (χ4n) is 6.99. The van der Waals surface area contributed by atoms with Crippen molar-refractivity contribution in [2.24, 2.45) is 11.8 Å². The van der Waals surface area contributed by atoms with Gasteiger partial charge in [0.2, 0.25) is 11.8 Å². The SMILES string of the molecule is CC[C@@H](CO)N1C(=O)[C@@H]2[C@H]3C(=O)N(c4ccccc4)CC=C[C@@]3(C)O[C@@]23C=CCN(c2ccccc2Cl)C(=O)C13. The van der Waals surface area contributed by atoms with Crippen LogP contribution in [0.5, 0.6) is 0 Å². The highest BCUT2D eigenvalue weighted by Crippen LogP contribution is 2.58. The molecule has 2 fully saturated rings. The molecule has 40 heavy (non-hydrogen) atoms. The Morgan fingerprint density at radius 2 is 1.60 bits per heavy atom. The standard InChI is InChI=1S/C31H32ClN3O5/c1-3-20(19-36)35-26-29(39)34(23-14-8-7-13-22(23)32)18-10-16-31(26)25(28(35)38)24-27(37)33(21-11-5-4-6-12-21)17-9-15-30(24,2)40-31/h4-16,20,24-26,36H,3,17-19H2,1-2H3/t20-,24-,25-,26?,30+,31-/m0/s1. The van der Waals surface area contributed by atoms with Crippen LogP contribution in [0.4, 0.5) is 11.4 Å². The molecule has 3 amide bonds. The number of para-hydroxylation sites is 2. The highest BCUT2D eigenvalue weighted by molar-refractivity contribution is 6.34. The zero-order valence-electron chi connectivity index (χ0n) is 22.4. The predicted molar refractivity (Wildman–Crippen MR) is 152 cm³/mol. The third kappa shape index (κ3) is 3.77. The molecule has 4 aliphatic rings. The van der Waals surface area contributed by atoms with E-state index in [-0.39, 0.29) is 30.9 Å². The Morgan fingerprint density at radius 1 is 0.925 bits per heavy atom. The van der Waals surface area contributed by atoms with Gasteiger partial charge in [-0.2, -0.15) is 0 Å². The van der Waals surface area contributed by atoms with Crippen LogP contribution in [-0.2, 0) is 19.1 Å². The maximum atomic E-state index is 14.5. The smallest absolute Gasteiger partial charge is 0.253 e. The predicted octanol–water partition coefficient (Wildman–Crippen LogP) is 3.59. The summed E-state index contributed by atoms with van der Waals surface area (Å²) < 4.78 is 6.86. The van der Waals surface area contributed by atoms with Gasteiger partial charge in [0.15, 0.2) is 0 Å². The Labute approximate surface area is 238 Å². The second-order valence-corrected chi connectivity index (χ2v) is 11.4. The van der Waals surface area contributed by atoms with Gasteiger partial charge in [-0.05, 0) is 37.6 Å². The molecule has 8 nitrogen and oxygen atoms in total. The third-order valence-electron chi connectivity index (χ3n) is 8.78. The Bertz CT molecular complexity index is 1410. The molecule has 0 aliphatic carbocycles. The number of nitrogens with zero attached hydrogens (tertiary/aromatic N) is 3. The minimum atomic E-state index is -1.41. The molecule has 208 valence electrons. The summed E-state index contributed by atoms with van der Waals surface area (Å²) in [5, 5.41) is 10.7. The van der Waals surface area contributed by atoms with E-state index in [9.17, 15) is 19.5 Å². The lowest BCUT2D eigenvalue weighted by atomic mass is 9.74. The summed E-state index contributed by atoms with van der Waals surface area (Å²) >= 11 is 6.51. The number of carbonyl (C=O) groups excluding carboxylic acids is 3. The van der Waals surface area contributed by atoms with E-state index >= 15 is 0 Å². The third-order valence-corrected chi connectivity index (χ3v) is 9.10. The van der Waals surface area contributed by atoms with Crippen LogP contribution in [0.25, 0.3) is 0 Å². The Kier molecular flexibility index (Phi) is 6.60. The molecule has 4 aliphatic heterocycles. The van der Waals surface area contributed by atoms with E-state index < -0.39 is 35.1 Å². The molecule has 2 aromatic carbocycles. The molecule has 9 heteroatoms. The largest absolute Gasteiger partial charge is 0.394 e. The van der Waals surface area contributed by atoms with Crippen molar-refractivity contribution in [2.45, 2.75) is 43.6 Å². The molecular formula is C31H32ClN3O5. The summed E-state index contributed by atoms with van der Waals surface area (Å²) in [5.41, 5.74) is -1.30. The summed E-state index contributed by atoms with van der Waals surface area (Å²) in [7, 11) is 0. The lowest BCUT2D eigenvalue weighted by Crippen LogP contribution is -2.58. The van der Waals surface area contributed by atoms with E-state index in [1.165, 1.54) is 4.90 Å². The minimum absolute atomic E-state index is 0.218. The first kappa shape index (κ1) is 26.7. The van der Waals surface area contributed by atoms with Crippen LogP contribution in [0.1, 0.15) is 20.3 Å². The maximum absolute atomic E-state index is 14.5. The first-order valence-electron chi connectivity index (χ1n) is 13.7. The molecule has 2 saturated heterocycles. The monoisotopic (exact) mass is 561 g/mol. The first-order chi connectivity index (χ1) is 19.3. The Balaban J connectivity index is 1.51. The molecule has 6 rings (SSSR count). The van der Waals surface area contributed by atoms with Gasteiger partial charge in [0, 0.05) is 18.8 Å². The molecule has 6 atom stereocenters. The number of hydrogen-bond acceptors (Lipinski definition) is 5. The maximum Gasteiger partial charge on any atom is 0.253 e. The van der Waals surface area contributed by atoms with Gasteiger partial charge in [-0.1, -0.05) is 73.2 Å². The highest BCUT2D eigenvalue weighted by Gasteiger charge is 2.75. The summed E-state index contributed by atoms with van der Waals surface area (Å²) in [6.45, 7) is 3.91. The van der Waals surface area contributed by atoms with Crippen molar-refractivity contribution in [3.05, 3.63) is 83.9 Å². The van der Waals surface area contributed by atoms with Gasteiger partial charge in [0.25, 0.3) is 5.91 Å². The molecule has 0 aromatic heterocycles. The van der Waals surface area contributed by atoms with Gasteiger partial charge in [-0.25, -0.2) is 0 Å². The average Bonchev–Trinajstić information content (AvgIpc) is 3.22. The van der Waals surface area contributed by atoms with E-state index in [4.69, 9.17) is 16.3 Å². The van der Waals surface area contributed by atoms with Crippen molar-refractivity contribution >= 4 is 40.7 Å². The normalized spacial score (nSPS) is 32.0. The number of amides is 3. The Hall–Kier alpha value is -3.46. The van der Waals surface area contributed by atoms with Crippen molar-refractivity contribution in [1.29, 1.82) is 0 Å². The van der Waals surface area contributed by atoms with Gasteiger partial charge in [-0.3, -0.25) is 14.4 Å². The van der Waals surface area contributed by atoms with Gasteiger partial charge in [0.05, 0.1) is 40.8 Å². The highest BCUT2D eigenvalue weighted by atomic mass is 35.5. The number of ether oxygens (including phenoxy) is 1. The van der Waals surface area contributed by atoms with Crippen molar-refractivity contribution in [3.63, 3.8) is 0 Å². The zero-order valence-corrected chi connectivity index (χ0v) is 23.2. The van der Waals surface area contributed by atoms with Crippen LogP contribution in [0.15, 0.2) is 78.9 Å². The van der Waals surface area contributed by atoms with Crippen LogP contribution in [-0.4, -0.2) is 70.7 Å². The molecule has 0 radical (unpaired) electrons. The van der Waals surface area contributed by atoms with Crippen LogP contribution >= 0.6 is 11.6 Å². The molecule has 0 saturated carbocycles. The second kappa shape index (κ2) is 9.87. The number of carbonyl (C=O) groups is 3. The summed E-state index contributed by atoms with van der Waals surface area (Å²) in [5.74, 6) is -2.81.